The third-order valence-electron chi connectivity index (χ3n) is 2.86. The molecular weight excluding hydrogens is 191 g/mol. The quantitative estimate of drug-likeness (QED) is 0.540. The molecule has 0 atom stereocenters. The zero-order chi connectivity index (χ0) is 12.3. The first-order valence-corrected chi connectivity index (χ1v) is 4.88. The molecule has 0 aromatic heterocycles. The Hall–Kier alpha value is -0.805. The van der Waals surface area contributed by atoms with Gasteiger partial charge in [-0.3, -0.25) is 0 Å². The largest absolute Gasteiger partial charge is 0.511 e. The van der Waals surface area contributed by atoms with Crippen molar-refractivity contribution in [3.63, 3.8) is 0 Å². The molecule has 0 aromatic rings. The zero-order valence-electron chi connectivity index (χ0n) is 10.3. The molecule has 1 rings (SSSR count). The molecule has 0 unspecified atom stereocenters. The monoisotopic (exact) mass is 212 g/mol. The average molecular weight is 212 g/mol. The fourth-order valence-corrected chi connectivity index (χ4v) is 1.10. The van der Waals surface area contributed by atoms with Crippen LogP contribution in [-0.4, -0.2) is 32.1 Å². The summed E-state index contributed by atoms with van der Waals surface area (Å²) < 4.78 is 11.5. The fourth-order valence-electron chi connectivity index (χ4n) is 1.10. The highest BCUT2D eigenvalue weighted by Gasteiger charge is 2.52. The first-order chi connectivity index (χ1) is 6.80. The summed E-state index contributed by atoms with van der Waals surface area (Å²) in [6, 6.07) is 0. The Morgan fingerprint density at radius 3 is 1.73 bits per heavy atom. The van der Waals surface area contributed by atoms with Crippen LogP contribution in [0.25, 0.3) is 0 Å². The lowest BCUT2D eigenvalue weighted by Gasteiger charge is -2.32. The van der Waals surface area contributed by atoms with Gasteiger partial charge in [0.05, 0.1) is 11.2 Å². The van der Waals surface area contributed by atoms with E-state index in [9.17, 15) is 0 Å². The van der Waals surface area contributed by atoms with Crippen LogP contribution in [0.1, 0.15) is 27.7 Å². The average Bonchev–Trinajstić information content (AvgIpc) is 2.38. The van der Waals surface area contributed by atoms with Crippen LogP contribution in [0.5, 0.6) is 0 Å². The van der Waals surface area contributed by atoms with Gasteiger partial charge in [-0.25, -0.2) is 0 Å². The maximum absolute atomic E-state index is 5.73. The van der Waals surface area contributed by atoms with E-state index in [0.717, 1.165) is 5.60 Å². The van der Waals surface area contributed by atoms with Crippen LogP contribution in [0.15, 0.2) is 12.2 Å². The Kier molecular flexibility index (Phi) is 4.55. The molecule has 1 aliphatic rings. The number of nitrogens with one attached hydrogen (secondary N) is 2. The van der Waals surface area contributed by atoms with Crippen LogP contribution < -0.4 is 5.32 Å². The first kappa shape index (κ1) is 14.2. The zero-order valence-corrected chi connectivity index (χ0v) is 10.3. The molecule has 0 aromatic carbocycles. The smallest absolute Gasteiger partial charge is 0.398 e. The Morgan fingerprint density at radius 1 is 1.13 bits per heavy atom. The van der Waals surface area contributed by atoms with Gasteiger partial charge in [0.1, 0.15) is 0 Å². The molecule has 0 saturated carbocycles. The summed E-state index contributed by atoms with van der Waals surface area (Å²) in [4.78, 5) is 0. The van der Waals surface area contributed by atoms with E-state index in [1.807, 2.05) is 34.7 Å². The van der Waals surface area contributed by atoms with Crippen LogP contribution in [0.2, 0.25) is 0 Å². The highest BCUT2D eigenvalue weighted by molar-refractivity contribution is 6.54. The second-order valence-corrected chi connectivity index (χ2v) is 4.36. The molecule has 0 bridgehead atoms. The summed E-state index contributed by atoms with van der Waals surface area (Å²) in [5, 5.41) is 8.44. The molecule has 2 N–H and O–H groups in total. The van der Waals surface area contributed by atoms with E-state index in [1.54, 1.807) is 0 Å². The maximum atomic E-state index is 5.73. The molecular formula is C10H21BN2O2. The molecule has 1 aliphatic heterocycles. The van der Waals surface area contributed by atoms with E-state index in [2.05, 4.69) is 18.6 Å². The SMILES string of the molecule is C=C(NC)B1OC(C)(C)C(C)(C)O1.C=N. The van der Waals surface area contributed by atoms with Gasteiger partial charge in [-0.2, -0.15) is 0 Å². The highest BCUT2D eigenvalue weighted by atomic mass is 16.7. The van der Waals surface area contributed by atoms with Crippen molar-refractivity contribution >= 4 is 13.8 Å². The normalized spacial score (nSPS) is 21.5. The second-order valence-electron chi connectivity index (χ2n) is 4.36. The summed E-state index contributed by atoms with van der Waals surface area (Å²) in [5.74, 6) is 0. The van der Waals surface area contributed by atoms with Crippen LogP contribution >= 0.6 is 0 Å². The predicted octanol–water partition coefficient (Wildman–Crippen LogP) is 1.62. The third-order valence-corrected chi connectivity index (χ3v) is 2.86. The topological polar surface area (TPSA) is 54.3 Å². The third kappa shape index (κ3) is 2.82. The van der Waals surface area contributed by atoms with Gasteiger partial charge in [-0.1, -0.05) is 6.58 Å². The molecule has 1 heterocycles. The van der Waals surface area contributed by atoms with Gasteiger partial charge in [-0.05, 0) is 34.4 Å². The van der Waals surface area contributed by atoms with Crippen molar-refractivity contribution in [2.75, 3.05) is 7.05 Å². The molecule has 5 heteroatoms. The van der Waals surface area contributed by atoms with Crippen LogP contribution in [0.3, 0.4) is 0 Å². The van der Waals surface area contributed by atoms with Crippen LogP contribution in [0.4, 0.5) is 0 Å². The molecule has 0 aliphatic carbocycles. The molecule has 0 amide bonds. The molecule has 1 fully saturated rings. The van der Waals surface area contributed by atoms with Gasteiger partial charge >= 0.3 is 7.12 Å². The molecule has 0 radical (unpaired) electrons. The fraction of sp³-hybridized carbons (Fsp3) is 0.700. The van der Waals surface area contributed by atoms with Gasteiger partial charge in [0, 0.05) is 12.6 Å². The van der Waals surface area contributed by atoms with E-state index in [-0.39, 0.29) is 18.3 Å². The number of hydrogen-bond donors (Lipinski definition) is 2. The minimum atomic E-state index is -0.338. The minimum Gasteiger partial charge on any atom is -0.398 e. The molecule has 0 spiro atoms. The van der Waals surface area contributed by atoms with Gasteiger partial charge in [0.2, 0.25) is 0 Å². The second kappa shape index (κ2) is 4.81. The van der Waals surface area contributed by atoms with E-state index < -0.39 is 0 Å². The van der Waals surface area contributed by atoms with Gasteiger partial charge in [-0.15, -0.1) is 0 Å². The van der Waals surface area contributed by atoms with Gasteiger partial charge in [0.25, 0.3) is 0 Å². The number of hydrogen-bond acceptors (Lipinski definition) is 4. The summed E-state index contributed by atoms with van der Waals surface area (Å²) in [5.41, 5.74) is 0.202. The lowest BCUT2D eigenvalue weighted by atomic mass is 9.86. The minimum absolute atomic E-state index is 0.280. The van der Waals surface area contributed by atoms with Crippen molar-refractivity contribution in [3.05, 3.63) is 12.2 Å². The Bertz CT molecular complexity index is 226. The predicted molar refractivity (Wildman–Crippen MR) is 64.1 cm³/mol. The first-order valence-electron chi connectivity index (χ1n) is 4.88. The standard InChI is InChI=1S/C9H18BNO2.CH3N/c1-7(11-6)10-12-8(2,3)9(4,5)13-10;1-2/h11H,1H2,2-6H3;2H,1H2. The lowest BCUT2D eigenvalue weighted by molar-refractivity contribution is 0.00578. The van der Waals surface area contributed by atoms with Crippen LogP contribution in [0, 0.1) is 5.41 Å². The molecule has 86 valence electrons. The Labute approximate surface area is 92.7 Å². The summed E-state index contributed by atoms with van der Waals surface area (Å²) in [6.45, 7) is 14.4. The van der Waals surface area contributed by atoms with Crippen molar-refractivity contribution in [2.45, 2.75) is 38.9 Å². The van der Waals surface area contributed by atoms with Gasteiger partial charge in [0.15, 0.2) is 0 Å². The van der Waals surface area contributed by atoms with E-state index in [0.29, 0.717) is 0 Å². The summed E-state index contributed by atoms with van der Waals surface area (Å²) >= 11 is 0. The highest BCUT2D eigenvalue weighted by Crippen LogP contribution is 2.37. The Morgan fingerprint density at radius 2 is 1.47 bits per heavy atom. The van der Waals surface area contributed by atoms with Crippen molar-refractivity contribution in [3.8, 4) is 0 Å². The molecule has 1 saturated heterocycles. The van der Waals surface area contributed by atoms with Crippen LogP contribution in [-0.2, 0) is 9.31 Å². The van der Waals surface area contributed by atoms with E-state index in [4.69, 9.17) is 14.7 Å². The summed E-state index contributed by atoms with van der Waals surface area (Å²) in [7, 11) is 1.47. The van der Waals surface area contributed by atoms with E-state index in [1.165, 1.54) is 0 Å². The van der Waals surface area contributed by atoms with Crippen molar-refractivity contribution in [2.24, 2.45) is 0 Å². The molecule has 15 heavy (non-hydrogen) atoms. The maximum Gasteiger partial charge on any atom is 0.511 e. The number of rotatable bonds is 2. The van der Waals surface area contributed by atoms with E-state index >= 15 is 0 Å². The van der Waals surface area contributed by atoms with Crippen molar-refractivity contribution in [1.82, 2.24) is 5.32 Å². The van der Waals surface area contributed by atoms with Crippen molar-refractivity contribution < 1.29 is 9.31 Å². The van der Waals surface area contributed by atoms with Crippen molar-refractivity contribution in [1.29, 1.82) is 5.41 Å². The van der Waals surface area contributed by atoms with Gasteiger partial charge < -0.3 is 20.0 Å². The summed E-state index contributed by atoms with van der Waals surface area (Å²) in [6.07, 6.45) is 0. The Balaban J connectivity index is 0.000000921. The molecule has 4 nitrogen and oxygen atoms in total. The lowest BCUT2D eigenvalue weighted by Crippen LogP contribution is -2.41.